The van der Waals surface area contributed by atoms with Crippen molar-refractivity contribution in [1.82, 2.24) is 14.8 Å². The van der Waals surface area contributed by atoms with Crippen molar-refractivity contribution in [2.75, 3.05) is 44.6 Å². The fraction of sp³-hybridized carbons (Fsp3) is 0.500. The Morgan fingerprint density at radius 2 is 1.77 bits per heavy atom. The van der Waals surface area contributed by atoms with Crippen LogP contribution in [0.5, 0.6) is 0 Å². The lowest BCUT2D eigenvalue weighted by Gasteiger charge is -2.23. The van der Waals surface area contributed by atoms with Gasteiger partial charge >= 0.3 is 0 Å². The summed E-state index contributed by atoms with van der Waals surface area (Å²) in [6.45, 7) is 11.6. The smallest absolute Gasteiger partial charge is 0.255 e. The SMILES string of the molecule is Cc1ccc(NCCCN2CC3CN(C(=O)c4c(C)cc(Cl)nc4C)CC3C2)cc1Cl. The molecular weight excluding hydrogens is 431 g/mol. The number of pyridine rings is 1. The largest absolute Gasteiger partial charge is 0.385 e. The predicted molar refractivity (Wildman–Crippen MR) is 127 cm³/mol. The first-order chi connectivity index (χ1) is 14.8. The number of fused-ring (bicyclic) bond motifs is 1. The van der Waals surface area contributed by atoms with Gasteiger partial charge in [0.15, 0.2) is 0 Å². The number of hydrogen-bond donors (Lipinski definition) is 1. The van der Waals surface area contributed by atoms with Gasteiger partial charge in [0.2, 0.25) is 0 Å². The molecule has 2 aliphatic heterocycles. The van der Waals surface area contributed by atoms with Crippen LogP contribution in [0.25, 0.3) is 0 Å². The van der Waals surface area contributed by atoms with E-state index in [9.17, 15) is 4.79 Å². The second kappa shape index (κ2) is 9.35. The minimum absolute atomic E-state index is 0.0982. The molecule has 4 rings (SSSR count). The molecule has 0 saturated carbocycles. The molecule has 2 atom stereocenters. The number of carbonyl (C=O) groups excluding carboxylic acids is 1. The highest BCUT2D eigenvalue weighted by molar-refractivity contribution is 6.31. The number of likely N-dealkylation sites (tertiary alicyclic amines) is 2. The van der Waals surface area contributed by atoms with Crippen molar-refractivity contribution in [3.05, 3.63) is 56.8 Å². The van der Waals surface area contributed by atoms with E-state index < -0.39 is 0 Å². The first-order valence-electron chi connectivity index (χ1n) is 11.0. The van der Waals surface area contributed by atoms with Crippen molar-refractivity contribution in [3.8, 4) is 0 Å². The third-order valence-electron chi connectivity index (χ3n) is 6.58. The lowest BCUT2D eigenvalue weighted by atomic mass is 10.0. The zero-order valence-corrected chi connectivity index (χ0v) is 19.9. The van der Waals surface area contributed by atoms with Crippen molar-refractivity contribution < 1.29 is 4.79 Å². The van der Waals surface area contributed by atoms with Crippen molar-refractivity contribution in [3.63, 3.8) is 0 Å². The van der Waals surface area contributed by atoms with Crippen LogP contribution in [0.15, 0.2) is 24.3 Å². The lowest BCUT2D eigenvalue weighted by Crippen LogP contribution is -2.34. The van der Waals surface area contributed by atoms with Crippen LogP contribution >= 0.6 is 23.2 Å². The number of rotatable bonds is 6. The van der Waals surface area contributed by atoms with Gasteiger partial charge < -0.3 is 15.1 Å². The van der Waals surface area contributed by atoms with Gasteiger partial charge in [-0.25, -0.2) is 4.98 Å². The van der Waals surface area contributed by atoms with Gasteiger partial charge in [0.05, 0.1) is 11.3 Å². The molecule has 2 aliphatic rings. The molecule has 3 heterocycles. The van der Waals surface area contributed by atoms with Crippen molar-refractivity contribution in [1.29, 1.82) is 0 Å². The molecule has 1 aromatic carbocycles. The molecule has 2 unspecified atom stereocenters. The van der Waals surface area contributed by atoms with Crippen LogP contribution in [0.2, 0.25) is 10.2 Å². The number of benzene rings is 1. The summed E-state index contributed by atoms with van der Waals surface area (Å²) in [6, 6.07) is 7.89. The van der Waals surface area contributed by atoms with Gasteiger partial charge in [-0.05, 0) is 74.9 Å². The molecule has 0 bridgehead atoms. The Hall–Kier alpha value is -1.82. The Morgan fingerprint density at radius 3 is 2.42 bits per heavy atom. The normalized spacial score (nSPS) is 20.9. The molecule has 166 valence electrons. The summed E-state index contributed by atoms with van der Waals surface area (Å²) in [6.07, 6.45) is 1.09. The van der Waals surface area contributed by atoms with E-state index in [1.807, 2.05) is 37.8 Å². The molecule has 0 spiro atoms. The zero-order valence-electron chi connectivity index (χ0n) is 18.4. The molecule has 1 amide bonds. The highest BCUT2D eigenvalue weighted by atomic mass is 35.5. The molecule has 2 saturated heterocycles. The standard InChI is InChI=1S/C24H30Cl2N4O/c1-15-5-6-20(10-21(15)25)27-7-4-8-29-11-18-13-30(14-19(18)12-29)24(31)23-16(2)9-22(26)28-17(23)3/h5-6,9-10,18-19,27H,4,7-8,11-14H2,1-3H3. The van der Waals surface area contributed by atoms with Crippen LogP contribution in [-0.4, -0.2) is 60.0 Å². The molecule has 7 heteroatoms. The first-order valence-corrected chi connectivity index (χ1v) is 11.7. The number of anilines is 1. The number of hydrogen-bond acceptors (Lipinski definition) is 4. The molecule has 0 radical (unpaired) electrons. The predicted octanol–water partition coefficient (Wildman–Crippen LogP) is 4.82. The second-order valence-electron chi connectivity index (χ2n) is 8.96. The Labute approximate surface area is 194 Å². The molecule has 5 nitrogen and oxygen atoms in total. The third-order valence-corrected chi connectivity index (χ3v) is 7.18. The number of halogens is 2. The van der Waals surface area contributed by atoms with E-state index in [4.69, 9.17) is 23.2 Å². The molecular formula is C24H30Cl2N4O. The van der Waals surface area contributed by atoms with Gasteiger partial charge in [-0.3, -0.25) is 4.79 Å². The topological polar surface area (TPSA) is 48.5 Å². The average Bonchev–Trinajstić information content (AvgIpc) is 3.26. The van der Waals surface area contributed by atoms with E-state index in [1.165, 1.54) is 0 Å². The Kier molecular flexibility index (Phi) is 6.75. The van der Waals surface area contributed by atoms with Crippen molar-refractivity contribution in [2.45, 2.75) is 27.2 Å². The second-order valence-corrected chi connectivity index (χ2v) is 9.75. The van der Waals surface area contributed by atoms with Gasteiger partial charge in [0.25, 0.3) is 5.91 Å². The molecule has 31 heavy (non-hydrogen) atoms. The Bertz CT molecular complexity index is 943. The number of amides is 1. The van der Waals surface area contributed by atoms with Gasteiger partial charge in [-0.2, -0.15) is 0 Å². The van der Waals surface area contributed by atoms with Crippen molar-refractivity contribution >= 4 is 34.8 Å². The summed E-state index contributed by atoms with van der Waals surface area (Å²) in [5.74, 6) is 1.23. The maximum atomic E-state index is 13.1. The monoisotopic (exact) mass is 460 g/mol. The summed E-state index contributed by atoms with van der Waals surface area (Å²) in [5.41, 5.74) is 4.51. The van der Waals surface area contributed by atoms with E-state index in [-0.39, 0.29) is 5.91 Å². The van der Waals surface area contributed by atoms with Crippen LogP contribution in [-0.2, 0) is 0 Å². The number of nitrogens with zero attached hydrogens (tertiary/aromatic N) is 3. The van der Waals surface area contributed by atoms with Crippen LogP contribution in [0.4, 0.5) is 5.69 Å². The van der Waals surface area contributed by atoms with Crippen LogP contribution in [0, 0.1) is 32.6 Å². The van der Waals surface area contributed by atoms with Crippen molar-refractivity contribution in [2.24, 2.45) is 11.8 Å². The summed E-state index contributed by atoms with van der Waals surface area (Å²) in [7, 11) is 0. The summed E-state index contributed by atoms with van der Waals surface area (Å²) < 4.78 is 0. The van der Waals surface area contributed by atoms with Gasteiger partial charge in [0, 0.05) is 43.4 Å². The number of aromatic nitrogens is 1. The third kappa shape index (κ3) is 5.00. The average molecular weight is 461 g/mol. The van der Waals surface area contributed by atoms with E-state index in [1.54, 1.807) is 6.07 Å². The van der Waals surface area contributed by atoms with Crippen LogP contribution < -0.4 is 5.32 Å². The molecule has 1 N–H and O–H groups in total. The first kappa shape index (κ1) is 22.4. The number of carbonyl (C=O) groups is 1. The lowest BCUT2D eigenvalue weighted by molar-refractivity contribution is 0.0772. The minimum atomic E-state index is 0.0982. The Morgan fingerprint density at radius 1 is 1.06 bits per heavy atom. The fourth-order valence-electron chi connectivity index (χ4n) is 4.94. The summed E-state index contributed by atoms with van der Waals surface area (Å²) in [5, 5.41) is 4.71. The van der Waals surface area contributed by atoms with E-state index in [2.05, 4.69) is 21.3 Å². The van der Waals surface area contributed by atoms with Gasteiger partial charge in [0.1, 0.15) is 5.15 Å². The molecule has 2 aromatic rings. The highest BCUT2D eigenvalue weighted by Gasteiger charge is 2.41. The fourth-order valence-corrected chi connectivity index (χ4v) is 5.41. The van der Waals surface area contributed by atoms with Gasteiger partial charge in [-0.1, -0.05) is 29.3 Å². The highest BCUT2D eigenvalue weighted by Crippen LogP contribution is 2.32. The number of nitrogens with one attached hydrogen (secondary N) is 1. The van der Waals surface area contributed by atoms with E-state index >= 15 is 0 Å². The molecule has 0 aliphatic carbocycles. The zero-order chi connectivity index (χ0) is 22.1. The van der Waals surface area contributed by atoms with E-state index in [0.29, 0.717) is 22.6 Å². The maximum absolute atomic E-state index is 13.1. The molecule has 1 aromatic heterocycles. The van der Waals surface area contributed by atoms with Crippen LogP contribution in [0.3, 0.4) is 0 Å². The van der Waals surface area contributed by atoms with E-state index in [0.717, 1.165) is 73.2 Å². The number of aryl methyl sites for hydroxylation is 3. The minimum Gasteiger partial charge on any atom is -0.385 e. The van der Waals surface area contributed by atoms with Crippen LogP contribution in [0.1, 0.15) is 33.6 Å². The Balaban J connectivity index is 1.24. The maximum Gasteiger partial charge on any atom is 0.255 e. The quantitative estimate of drug-likeness (QED) is 0.495. The molecule has 2 fully saturated rings. The summed E-state index contributed by atoms with van der Waals surface area (Å²) >= 11 is 12.2. The summed E-state index contributed by atoms with van der Waals surface area (Å²) in [4.78, 5) is 22.0. The van der Waals surface area contributed by atoms with Gasteiger partial charge in [-0.15, -0.1) is 0 Å².